The lowest BCUT2D eigenvalue weighted by molar-refractivity contribution is -0.132. The molecule has 1 aromatic heterocycles. The molecule has 0 amide bonds. The van der Waals surface area contributed by atoms with Gasteiger partial charge in [-0.2, -0.15) is 0 Å². The predicted octanol–water partition coefficient (Wildman–Crippen LogP) is 4.16. The molecule has 1 aromatic carbocycles. The summed E-state index contributed by atoms with van der Waals surface area (Å²) in [6.07, 6.45) is 0. The highest BCUT2D eigenvalue weighted by atomic mass is 35.5. The quantitative estimate of drug-likeness (QED) is 0.289. The number of benzene rings is 1. The summed E-state index contributed by atoms with van der Waals surface area (Å²) < 4.78 is 4.79. The number of oxime groups is 2. The second-order valence-corrected chi connectivity index (χ2v) is 6.40. The Labute approximate surface area is 172 Å². The topological polar surface area (TPSA) is 82.4 Å². The predicted molar refractivity (Wildman–Crippen MR) is 108 cm³/mol. The molecule has 0 aliphatic carbocycles. The molecule has 0 radical (unpaired) electrons. The van der Waals surface area contributed by atoms with Gasteiger partial charge in [-0.3, -0.25) is 0 Å². The van der Waals surface area contributed by atoms with Gasteiger partial charge in [-0.25, -0.2) is 9.78 Å². The van der Waals surface area contributed by atoms with E-state index in [4.69, 9.17) is 37.6 Å². The summed E-state index contributed by atoms with van der Waals surface area (Å²) in [5.41, 5.74) is 3.25. The molecule has 0 bridgehead atoms. The van der Waals surface area contributed by atoms with Gasteiger partial charge in [0, 0.05) is 11.1 Å². The first-order valence-corrected chi connectivity index (χ1v) is 8.92. The van der Waals surface area contributed by atoms with Crippen LogP contribution in [0.3, 0.4) is 0 Å². The molecule has 0 spiro atoms. The second kappa shape index (κ2) is 10.1. The molecule has 7 nitrogen and oxygen atoms in total. The van der Waals surface area contributed by atoms with Gasteiger partial charge in [0.1, 0.15) is 24.6 Å². The molecule has 2 aromatic rings. The Balaban J connectivity index is 2.27. The van der Waals surface area contributed by atoms with Crippen LogP contribution >= 0.6 is 23.2 Å². The Bertz CT molecular complexity index is 929. The molecule has 2 rings (SSSR count). The van der Waals surface area contributed by atoms with Crippen molar-refractivity contribution in [2.75, 3.05) is 14.2 Å². The lowest BCUT2D eigenvalue weighted by atomic mass is 9.99. The first-order chi connectivity index (χ1) is 13.4. The van der Waals surface area contributed by atoms with Crippen molar-refractivity contribution in [2.45, 2.75) is 20.5 Å². The van der Waals surface area contributed by atoms with E-state index in [0.29, 0.717) is 22.0 Å². The zero-order chi connectivity index (χ0) is 20.7. The molecule has 0 aliphatic rings. The summed E-state index contributed by atoms with van der Waals surface area (Å²) in [7, 11) is 2.63. The first-order valence-electron chi connectivity index (χ1n) is 8.16. The van der Waals surface area contributed by atoms with E-state index in [9.17, 15) is 4.79 Å². The maximum Gasteiger partial charge on any atom is 0.360 e. The fourth-order valence-electron chi connectivity index (χ4n) is 2.36. The van der Waals surface area contributed by atoms with Crippen molar-refractivity contribution in [3.05, 3.63) is 62.9 Å². The van der Waals surface area contributed by atoms with Crippen LogP contribution in [0.2, 0.25) is 10.2 Å². The molecule has 0 saturated carbocycles. The molecule has 1 heterocycles. The molecule has 9 heteroatoms. The van der Waals surface area contributed by atoms with Gasteiger partial charge in [-0.1, -0.05) is 51.7 Å². The molecule has 0 atom stereocenters. The third-order valence-electron chi connectivity index (χ3n) is 3.81. The van der Waals surface area contributed by atoms with Crippen molar-refractivity contribution in [3.8, 4) is 0 Å². The number of esters is 1. The Morgan fingerprint density at radius 1 is 1.14 bits per heavy atom. The average Bonchev–Trinajstić information content (AvgIpc) is 2.68. The van der Waals surface area contributed by atoms with Gasteiger partial charge in [-0.05, 0) is 31.5 Å². The molecule has 148 valence electrons. The van der Waals surface area contributed by atoms with Crippen molar-refractivity contribution in [1.29, 1.82) is 0 Å². The zero-order valence-electron chi connectivity index (χ0n) is 15.8. The van der Waals surface area contributed by atoms with Gasteiger partial charge in [0.15, 0.2) is 5.71 Å². The highest BCUT2D eigenvalue weighted by Crippen LogP contribution is 2.20. The number of hydrogen-bond acceptors (Lipinski definition) is 7. The molecule has 0 unspecified atom stereocenters. The van der Waals surface area contributed by atoms with Crippen molar-refractivity contribution in [1.82, 2.24) is 4.98 Å². The minimum atomic E-state index is -0.617. The third kappa shape index (κ3) is 5.21. The maximum atomic E-state index is 12.1. The van der Waals surface area contributed by atoms with E-state index in [0.717, 1.165) is 11.1 Å². The van der Waals surface area contributed by atoms with Gasteiger partial charge in [0.25, 0.3) is 0 Å². The number of aryl methyl sites for hydroxylation is 1. The van der Waals surface area contributed by atoms with Gasteiger partial charge in [0.2, 0.25) is 0 Å². The molecule has 0 saturated heterocycles. The number of rotatable bonds is 7. The standard InChI is InChI=1S/C19H19Cl2N3O4/c1-11-6-5-7-13(17(24-27-4)19(25)26-3)14(11)10-28-23-12(2)16-9-8-15(20)18(21)22-16/h5-9H,10H2,1-4H3/b23-12+,24-17+. The Kier molecular flexibility index (Phi) is 7.78. The largest absolute Gasteiger partial charge is 0.464 e. The minimum absolute atomic E-state index is 0.0409. The molecular weight excluding hydrogens is 405 g/mol. The van der Waals surface area contributed by atoms with E-state index in [1.165, 1.54) is 14.2 Å². The Hall–Kier alpha value is -2.64. The van der Waals surface area contributed by atoms with Crippen LogP contribution in [0.4, 0.5) is 0 Å². The summed E-state index contributed by atoms with van der Waals surface area (Å²) in [5, 5.41) is 8.41. The van der Waals surface area contributed by atoms with Crippen LogP contribution in [0.15, 0.2) is 40.6 Å². The monoisotopic (exact) mass is 423 g/mol. The van der Waals surface area contributed by atoms with Crippen molar-refractivity contribution >= 4 is 40.6 Å². The zero-order valence-corrected chi connectivity index (χ0v) is 17.3. The summed E-state index contributed by atoms with van der Waals surface area (Å²) in [6.45, 7) is 3.72. The lowest BCUT2D eigenvalue weighted by Gasteiger charge is -2.12. The van der Waals surface area contributed by atoms with Crippen molar-refractivity contribution in [3.63, 3.8) is 0 Å². The van der Waals surface area contributed by atoms with E-state index in [2.05, 4.69) is 15.3 Å². The normalized spacial score (nSPS) is 11.9. The highest BCUT2D eigenvalue weighted by molar-refractivity contribution is 6.43. The number of halogens is 2. The van der Waals surface area contributed by atoms with E-state index >= 15 is 0 Å². The number of carbonyl (C=O) groups is 1. The van der Waals surface area contributed by atoms with Crippen molar-refractivity contribution in [2.24, 2.45) is 10.3 Å². The third-order valence-corrected chi connectivity index (χ3v) is 4.50. The van der Waals surface area contributed by atoms with Crippen LogP contribution in [-0.4, -0.2) is 36.6 Å². The number of pyridine rings is 1. The van der Waals surface area contributed by atoms with E-state index in [1.54, 1.807) is 31.2 Å². The van der Waals surface area contributed by atoms with Gasteiger partial charge in [-0.15, -0.1) is 0 Å². The highest BCUT2D eigenvalue weighted by Gasteiger charge is 2.20. The number of carbonyl (C=O) groups excluding carboxylic acids is 1. The van der Waals surface area contributed by atoms with E-state index in [1.807, 2.05) is 13.0 Å². The number of hydrogen-bond donors (Lipinski definition) is 0. The smallest absolute Gasteiger partial charge is 0.360 e. The Morgan fingerprint density at radius 3 is 2.54 bits per heavy atom. The molecule has 28 heavy (non-hydrogen) atoms. The van der Waals surface area contributed by atoms with Gasteiger partial charge < -0.3 is 14.4 Å². The summed E-state index contributed by atoms with van der Waals surface area (Å²) >= 11 is 11.8. The summed E-state index contributed by atoms with van der Waals surface area (Å²) in [6, 6.07) is 8.75. The lowest BCUT2D eigenvalue weighted by Crippen LogP contribution is -2.20. The summed E-state index contributed by atoms with van der Waals surface area (Å²) in [4.78, 5) is 26.5. The molecular formula is C19H19Cl2N3O4. The first kappa shape index (κ1) is 21.7. The maximum absolute atomic E-state index is 12.1. The second-order valence-electron chi connectivity index (χ2n) is 5.63. The molecule has 0 fully saturated rings. The molecule has 0 aliphatic heterocycles. The number of ether oxygens (including phenoxy) is 1. The minimum Gasteiger partial charge on any atom is -0.464 e. The Morgan fingerprint density at radius 2 is 1.89 bits per heavy atom. The number of nitrogens with zero attached hydrogens (tertiary/aromatic N) is 3. The van der Waals surface area contributed by atoms with Crippen LogP contribution < -0.4 is 0 Å². The van der Waals surface area contributed by atoms with Crippen molar-refractivity contribution < 1.29 is 19.2 Å². The van der Waals surface area contributed by atoms with Crippen LogP contribution in [0, 0.1) is 6.92 Å². The van der Waals surface area contributed by atoms with Crippen LogP contribution in [-0.2, 0) is 25.8 Å². The van der Waals surface area contributed by atoms with Gasteiger partial charge in [0.05, 0.1) is 17.8 Å². The summed E-state index contributed by atoms with van der Waals surface area (Å²) in [5.74, 6) is -0.617. The van der Waals surface area contributed by atoms with Crippen LogP contribution in [0.25, 0.3) is 0 Å². The van der Waals surface area contributed by atoms with Gasteiger partial charge >= 0.3 is 5.97 Å². The van der Waals surface area contributed by atoms with E-state index in [-0.39, 0.29) is 17.5 Å². The fraction of sp³-hybridized carbons (Fsp3) is 0.263. The SMILES string of the molecule is CO/N=C(/C(=O)OC)c1cccc(C)c1CO/N=C(\C)c1ccc(Cl)c(Cl)n1. The fourth-order valence-corrected chi connectivity index (χ4v) is 2.62. The molecule has 0 N–H and O–H groups in total. The van der Waals surface area contributed by atoms with Crippen LogP contribution in [0.5, 0.6) is 0 Å². The van der Waals surface area contributed by atoms with E-state index < -0.39 is 5.97 Å². The average molecular weight is 424 g/mol. The van der Waals surface area contributed by atoms with Crippen LogP contribution in [0.1, 0.15) is 29.3 Å². The number of aromatic nitrogens is 1. The number of methoxy groups -OCH3 is 1.